The van der Waals surface area contributed by atoms with E-state index in [1.807, 2.05) is 0 Å². The van der Waals surface area contributed by atoms with Crippen LogP contribution in [0.4, 0.5) is 0 Å². The fraction of sp³-hybridized carbons (Fsp3) is 0. The Balaban J connectivity index is 0. The van der Waals surface area contributed by atoms with Gasteiger partial charge in [0.15, 0.2) is 0 Å². The van der Waals surface area contributed by atoms with Gasteiger partial charge in [-0.1, -0.05) is 0 Å². The number of hydrogen-bond acceptors (Lipinski definition) is 2. The molecule has 0 aliphatic carbocycles. The maximum Gasteiger partial charge on any atom is 0 e. The van der Waals surface area contributed by atoms with Gasteiger partial charge in [0.1, 0.15) is 0 Å². The van der Waals surface area contributed by atoms with Gasteiger partial charge in [0.2, 0.25) is 0 Å². The van der Waals surface area contributed by atoms with Gasteiger partial charge in [-0.15, -0.1) is 0 Å². The first-order valence-corrected chi connectivity index (χ1v) is 3.07. The predicted octanol–water partition coefficient (Wildman–Crippen LogP) is -0.666. The fourth-order valence-corrected chi connectivity index (χ4v) is 0. The van der Waals surface area contributed by atoms with Crippen LogP contribution in [0.25, 0.3) is 0 Å². The molecular formula is HCoCuO3S. The molecule has 6 heteroatoms. The minimum atomic E-state index is -4.10. The van der Waals surface area contributed by atoms with Gasteiger partial charge in [-0.05, 0) is 0 Å². The summed E-state index contributed by atoms with van der Waals surface area (Å²) < 4.78 is 25.3. The van der Waals surface area contributed by atoms with E-state index in [0.29, 0.717) is 0 Å². The molecule has 0 bridgehead atoms. The molecule has 1 radical (unpaired) electrons. The monoisotopic (exact) mass is 203 g/mol. The van der Waals surface area contributed by atoms with Gasteiger partial charge in [0.05, 0.1) is 0 Å². The Morgan fingerprint density at radius 1 is 1.50 bits per heavy atom. The van der Waals surface area contributed by atoms with Crippen LogP contribution in [0.5, 0.6) is 0 Å². The molecule has 1 N–H and O–H groups in total. The zero-order chi connectivity index (χ0) is 4.50. The van der Waals surface area contributed by atoms with Gasteiger partial charge < -0.3 is 0 Å². The predicted molar refractivity (Wildman–Crippen MR) is 11.5 cm³/mol. The average Bonchev–Trinajstić information content (AvgIpc) is 0.722. The zero-order valence-electron chi connectivity index (χ0n) is 2.31. The summed E-state index contributed by atoms with van der Waals surface area (Å²) in [6.07, 6.45) is 0. The molecule has 0 aromatic rings. The van der Waals surface area contributed by atoms with Crippen LogP contribution in [0.15, 0.2) is 0 Å². The van der Waals surface area contributed by atoms with Gasteiger partial charge >= 0.3 is 36.4 Å². The molecule has 3 nitrogen and oxygen atoms in total. The Hall–Kier alpha value is 0.936. The summed E-state index contributed by atoms with van der Waals surface area (Å²) in [5.74, 6) is 0. The molecule has 0 aromatic heterocycles. The quantitative estimate of drug-likeness (QED) is 0.420. The maximum atomic E-state index is 8.99. The third-order valence-electron chi connectivity index (χ3n) is 0. The van der Waals surface area contributed by atoms with Crippen molar-refractivity contribution in [2.45, 2.75) is 0 Å². The number of hydrogen-bond donors (Lipinski definition) is 1. The molecule has 0 fully saturated rings. The summed E-state index contributed by atoms with van der Waals surface area (Å²) in [5, 5.41) is 0. The fourth-order valence-electron chi connectivity index (χ4n) is 0. The second-order valence-corrected chi connectivity index (χ2v) is 2.58. The van der Waals surface area contributed by atoms with E-state index in [-0.39, 0.29) is 16.8 Å². The standard InChI is InChI=1S/Co.Cu.HO3S/c;;1-4(2)3/h;;(H,1,2,3). The van der Waals surface area contributed by atoms with Crippen molar-refractivity contribution < 1.29 is 44.6 Å². The Kier molecular flexibility index (Phi) is 5.03. The SMILES string of the molecule is O=[S](=O)(O)[Cu].[Co]. The molecule has 0 amide bonds. The Morgan fingerprint density at radius 3 is 1.50 bits per heavy atom. The molecule has 0 aliphatic rings. The summed E-state index contributed by atoms with van der Waals surface area (Å²) in [6.45, 7) is 0. The van der Waals surface area contributed by atoms with Crippen LogP contribution in [-0.4, -0.2) is 13.0 Å². The molecule has 0 rings (SSSR count). The molecule has 0 atom stereocenters. The maximum absolute atomic E-state index is 8.99. The summed E-state index contributed by atoms with van der Waals surface area (Å²) >= 11 is 3.49. The van der Waals surface area contributed by atoms with Gasteiger partial charge in [0, 0.05) is 16.8 Å². The van der Waals surface area contributed by atoms with Crippen molar-refractivity contribution >= 4 is 8.54 Å². The van der Waals surface area contributed by atoms with Crippen LogP contribution in [0.1, 0.15) is 0 Å². The topological polar surface area (TPSA) is 54.4 Å². The molecule has 0 aliphatic heterocycles. The van der Waals surface area contributed by atoms with Crippen LogP contribution < -0.4 is 0 Å². The Labute approximate surface area is 53.3 Å². The van der Waals surface area contributed by atoms with E-state index in [1.165, 1.54) is 0 Å². The van der Waals surface area contributed by atoms with Crippen molar-refractivity contribution in [2.24, 2.45) is 0 Å². The van der Waals surface area contributed by atoms with Crippen LogP contribution in [0.3, 0.4) is 0 Å². The average molecular weight is 204 g/mol. The minimum Gasteiger partial charge on any atom is 0 e. The second-order valence-electron chi connectivity index (χ2n) is 0.373. The molecule has 0 saturated carbocycles. The van der Waals surface area contributed by atoms with Crippen molar-refractivity contribution in [3.8, 4) is 0 Å². The Morgan fingerprint density at radius 2 is 1.50 bits per heavy atom. The number of rotatable bonds is 0. The van der Waals surface area contributed by atoms with Crippen molar-refractivity contribution in [3.63, 3.8) is 0 Å². The minimum absolute atomic E-state index is 0. The summed E-state index contributed by atoms with van der Waals surface area (Å²) in [7, 11) is -4.10. The van der Waals surface area contributed by atoms with Gasteiger partial charge in [-0.3, -0.25) is 0 Å². The van der Waals surface area contributed by atoms with Crippen LogP contribution >= 0.6 is 0 Å². The Bertz CT molecular complexity index is 94.0. The summed E-state index contributed by atoms with van der Waals surface area (Å²) in [5.41, 5.74) is 0. The second kappa shape index (κ2) is 3.01. The van der Waals surface area contributed by atoms with Gasteiger partial charge in [-0.25, -0.2) is 0 Å². The third-order valence-corrected chi connectivity index (χ3v) is 0. The largest absolute Gasteiger partial charge is 0 e. The van der Waals surface area contributed by atoms with E-state index in [0.717, 1.165) is 0 Å². The van der Waals surface area contributed by atoms with Gasteiger partial charge in [0.25, 0.3) is 0 Å². The molecule has 6 heavy (non-hydrogen) atoms. The first kappa shape index (κ1) is 10.0. The molecule has 0 spiro atoms. The molecule has 0 unspecified atom stereocenters. The smallest absolute Gasteiger partial charge is 0 e. The zero-order valence-corrected chi connectivity index (χ0v) is 5.11. The molecule has 0 saturated heterocycles. The molecule has 45 valence electrons. The van der Waals surface area contributed by atoms with E-state index in [4.69, 9.17) is 13.0 Å². The van der Waals surface area contributed by atoms with E-state index >= 15 is 0 Å². The summed E-state index contributed by atoms with van der Waals surface area (Å²) in [6, 6.07) is 0. The van der Waals surface area contributed by atoms with Crippen molar-refractivity contribution in [1.82, 2.24) is 0 Å². The van der Waals surface area contributed by atoms with E-state index in [2.05, 4.69) is 14.9 Å². The van der Waals surface area contributed by atoms with Crippen LogP contribution in [0.2, 0.25) is 0 Å². The summed E-state index contributed by atoms with van der Waals surface area (Å²) in [4.78, 5) is 0. The first-order valence-electron chi connectivity index (χ1n) is 0.639. The molecule has 0 aromatic carbocycles. The van der Waals surface area contributed by atoms with Gasteiger partial charge in [-0.2, -0.15) is 0 Å². The molecular weight excluding hydrogens is 203 g/mol. The van der Waals surface area contributed by atoms with Crippen LogP contribution in [-0.2, 0) is 40.2 Å². The van der Waals surface area contributed by atoms with Crippen molar-refractivity contribution in [2.75, 3.05) is 0 Å². The van der Waals surface area contributed by atoms with E-state index in [1.54, 1.807) is 0 Å². The van der Waals surface area contributed by atoms with E-state index < -0.39 is 8.54 Å². The van der Waals surface area contributed by atoms with Crippen molar-refractivity contribution in [3.05, 3.63) is 0 Å². The normalized spacial score (nSPS) is 9.83. The van der Waals surface area contributed by atoms with Crippen molar-refractivity contribution in [1.29, 1.82) is 0 Å². The first-order chi connectivity index (χ1) is 2.00. The third kappa shape index (κ3) is 87.3. The molecule has 0 heterocycles. The van der Waals surface area contributed by atoms with E-state index in [9.17, 15) is 0 Å². The van der Waals surface area contributed by atoms with Crippen LogP contribution in [0, 0.1) is 0 Å².